The molecule has 1 unspecified atom stereocenters. The molecule has 1 nitrogen and oxygen atoms in total. The predicted molar refractivity (Wildman–Crippen MR) is 47.5 cm³/mol. The molecule has 1 heteroatoms. The number of hydrogen-bond donors (Lipinski definition) is 0. The normalized spacial score (nSPS) is 29.0. The minimum Gasteiger partial charge on any atom is -0.370 e. The van der Waals surface area contributed by atoms with Crippen LogP contribution in [0.1, 0.15) is 20.8 Å². The smallest absolute Gasteiger partial charge is 0.0840 e. The van der Waals surface area contributed by atoms with E-state index in [4.69, 9.17) is 4.74 Å². The second-order valence-corrected chi connectivity index (χ2v) is 3.75. The average Bonchev–Trinajstić information content (AvgIpc) is 2.09. The van der Waals surface area contributed by atoms with Gasteiger partial charge in [0.1, 0.15) is 0 Å². The summed E-state index contributed by atoms with van der Waals surface area (Å²) < 4.78 is 5.57. The Labute approximate surface area is 68.8 Å². The van der Waals surface area contributed by atoms with Gasteiger partial charge in [-0.3, -0.25) is 0 Å². The van der Waals surface area contributed by atoms with E-state index in [1.165, 1.54) is 0 Å². The lowest BCUT2D eigenvalue weighted by Gasteiger charge is -2.19. The molecule has 0 aromatic carbocycles. The molecule has 0 aliphatic carbocycles. The Morgan fingerprint density at radius 2 is 2.18 bits per heavy atom. The van der Waals surface area contributed by atoms with Gasteiger partial charge in [-0.2, -0.15) is 0 Å². The van der Waals surface area contributed by atoms with Crippen LogP contribution in [0.2, 0.25) is 0 Å². The summed E-state index contributed by atoms with van der Waals surface area (Å²) >= 11 is 0. The van der Waals surface area contributed by atoms with Crippen LogP contribution in [0.25, 0.3) is 0 Å². The summed E-state index contributed by atoms with van der Waals surface area (Å²) in [5.74, 6) is 0.366. The van der Waals surface area contributed by atoms with E-state index in [9.17, 15) is 0 Å². The molecule has 0 bridgehead atoms. The summed E-state index contributed by atoms with van der Waals surface area (Å²) in [5, 5.41) is 0. The molecule has 1 saturated heterocycles. The van der Waals surface area contributed by atoms with Crippen molar-refractivity contribution in [1.82, 2.24) is 0 Å². The zero-order chi connectivity index (χ0) is 8.65. The topological polar surface area (TPSA) is 9.23 Å². The van der Waals surface area contributed by atoms with E-state index in [0.717, 1.165) is 17.8 Å². The molecular weight excluding hydrogens is 136 g/mol. The van der Waals surface area contributed by atoms with Crippen LogP contribution in [0.3, 0.4) is 0 Å². The molecular formula is C10H16O. The largest absolute Gasteiger partial charge is 0.370 e. The average molecular weight is 152 g/mol. The summed E-state index contributed by atoms with van der Waals surface area (Å²) in [5.41, 5.74) is 2.16. The van der Waals surface area contributed by atoms with E-state index in [2.05, 4.69) is 27.0 Å². The lowest BCUT2D eigenvalue weighted by atomic mass is 9.88. The van der Waals surface area contributed by atoms with Gasteiger partial charge in [0, 0.05) is 5.92 Å². The van der Waals surface area contributed by atoms with Crippen molar-refractivity contribution in [1.29, 1.82) is 0 Å². The Morgan fingerprint density at radius 1 is 1.64 bits per heavy atom. The lowest BCUT2D eigenvalue weighted by Crippen LogP contribution is -2.19. The first-order valence-corrected chi connectivity index (χ1v) is 3.94. The van der Waals surface area contributed by atoms with Gasteiger partial charge < -0.3 is 4.74 Å². The monoisotopic (exact) mass is 152 g/mol. The lowest BCUT2D eigenvalue weighted by molar-refractivity contribution is 0.0520. The van der Waals surface area contributed by atoms with E-state index in [0.29, 0.717) is 5.92 Å². The maximum Gasteiger partial charge on any atom is 0.0840 e. The summed E-state index contributed by atoms with van der Waals surface area (Å²) in [6.07, 6.45) is 0. The van der Waals surface area contributed by atoms with Crippen LogP contribution >= 0.6 is 0 Å². The highest BCUT2D eigenvalue weighted by atomic mass is 16.5. The molecule has 0 aromatic heterocycles. The van der Waals surface area contributed by atoms with E-state index in [1.54, 1.807) is 0 Å². The molecule has 1 aliphatic rings. The van der Waals surface area contributed by atoms with Gasteiger partial charge in [0.15, 0.2) is 0 Å². The fourth-order valence-corrected chi connectivity index (χ4v) is 1.34. The van der Waals surface area contributed by atoms with Gasteiger partial charge in [-0.1, -0.05) is 18.7 Å². The van der Waals surface area contributed by atoms with Crippen LogP contribution in [0.4, 0.5) is 0 Å². The summed E-state index contributed by atoms with van der Waals surface area (Å²) in [7, 11) is 0. The summed E-state index contributed by atoms with van der Waals surface area (Å²) in [4.78, 5) is 0. The zero-order valence-electron chi connectivity index (χ0n) is 7.61. The fourth-order valence-electron chi connectivity index (χ4n) is 1.34. The molecule has 0 N–H and O–H groups in total. The highest BCUT2D eigenvalue weighted by Gasteiger charge is 2.36. The van der Waals surface area contributed by atoms with E-state index in [-0.39, 0.29) is 5.60 Å². The minimum atomic E-state index is -0.149. The van der Waals surface area contributed by atoms with Gasteiger partial charge in [-0.15, -0.1) is 0 Å². The van der Waals surface area contributed by atoms with Crippen LogP contribution in [-0.4, -0.2) is 12.2 Å². The SMILES string of the molecule is C=C(C)C1COC(C)(C)C1=C. The van der Waals surface area contributed by atoms with Crippen molar-refractivity contribution in [3.63, 3.8) is 0 Å². The predicted octanol–water partition coefficient (Wildman–Crippen LogP) is 2.54. The Kier molecular flexibility index (Phi) is 1.93. The molecule has 1 aliphatic heterocycles. The van der Waals surface area contributed by atoms with Crippen LogP contribution in [0.5, 0.6) is 0 Å². The van der Waals surface area contributed by atoms with Crippen LogP contribution < -0.4 is 0 Å². The summed E-state index contributed by atoms with van der Waals surface area (Å²) in [6.45, 7) is 14.8. The molecule has 1 fully saturated rings. The van der Waals surface area contributed by atoms with Gasteiger partial charge in [0.2, 0.25) is 0 Å². The van der Waals surface area contributed by atoms with Gasteiger partial charge >= 0.3 is 0 Å². The Morgan fingerprint density at radius 3 is 2.36 bits per heavy atom. The highest BCUT2D eigenvalue weighted by Crippen LogP contribution is 2.36. The third kappa shape index (κ3) is 1.38. The van der Waals surface area contributed by atoms with Crippen molar-refractivity contribution >= 4 is 0 Å². The molecule has 0 spiro atoms. The Bertz CT molecular complexity index is 201. The standard InChI is InChI=1S/C10H16O/c1-7(2)9-6-11-10(4,5)8(9)3/h9H,1,3,6H2,2,4-5H3. The van der Waals surface area contributed by atoms with Crippen molar-refractivity contribution in [2.75, 3.05) is 6.61 Å². The van der Waals surface area contributed by atoms with Gasteiger partial charge in [0.05, 0.1) is 12.2 Å². The maximum atomic E-state index is 5.57. The first-order valence-electron chi connectivity index (χ1n) is 3.94. The van der Waals surface area contributed by atoms with Gasteiger partial charge in [-0.25, -0.2) is 0 Å². The van der Waals surface area contributed by atoms with Crippen LogP contribution in [-0.2, 0) is 4.74 Å². The molecule has 11 heavy (non-hydrogen) atoms. The van der Waals surface area contributed by atoms with E-state index < -0.39 is 0 Å². The van der Waals surface area contributed by atoms with Crippen LogP contribution in [0, 0.1) is 5.92 Å². The molecule has 1 heterocycles. The van der Waals surface area contributed by atoms with Crippen molar-refractivity contribution in [2.24, 2.45) is 5.92 Å². The molecule has 1 rings (SSSR count). The van der Waals surface area contributed by atoms with Gasteiger partial charge in [-0.05, 0) is 26.3 Å². The van der Waals surface area contributed by atoms with Crippen molar-refractivity contribution in [2.45, 2.75) is 26.4 Å². The molecule has 0 radical (unpaired) electrons. The second kappa shape index (κ2) is 2.49. The maximum absolute atomic E-state index is 5.57. The first kappa shape index (κ1) is 8.54. The Hall–Kier alpha value is -0.560. The van der Waals surface area contributed by atoms with Crippen LogP contribution in [0.15, 0.2) is 24.3 Å². The molecule has 0 saturated carbocycles. The zero-order valence-corrected chi connectivity index (χ0v) is 7.61. The summed E-state index contributed by atoms with van der Waals surface area (Å²) in [6, 6.07) is 0. The molecule has 62 valence electrons. The number of rotatable bonds is 1. The third-order valence-electron chi connectivity index (χ3n) is 2.40. The highest BCUT2D eigenvalue weighted by molar-refractivity contribution is 5.25. The minimum absolute atomic E-state index is 0.149. The number of ether oxygens (including phenoxy) is 1. The first-order chi connectivity index (χ1) is 4.95. The third-order valence-corrected chi connectivity index (χ3v) is 2.40. The molecule has 0 amide bonds. The van der Waals surface area contributed by atoms with Crippen molar-refractivity contribution < 1.29 is 4.74 Å². The van der Waals surface area contributed by atoms with Crippen molar-refractivity contribution in [3.05, 3.63) is 24.3 Å². The fraction of sp³-hybridized carbons (Fsp3) is 0.600. The quantitative estimate of drug-likeness (QED) is 0.525. The Balaban J connectivity index is 2.79. The second-order valence-electron chi connectivity index (χ2n) is 3.75. The number of hydrogen-bond acceptors (Lipinski definition) is 1. The van der Waals surface area contributed by atoms with Gasteiger partial charge in [0.25, 0.3) is 0 Å². The van der Waals surface area contributed by atoms with E-state index in [1.807, 2.05) is 6.92 Å². The molecule has 1 atom stereocenters. The molecule has 0 aromatic rings. The van der Waals surface area contributed by atoms with E-state index >= 15 is 0 Å². The van der Waals surface area contributed by atoms with Crippen molar-refractivity contribution in [3.8, 4) is 0 Å².